The van der Waals surface area contributed by atoms with Crippen molar-refractivity contribution in [3.05, 3.63) is 39.9 Å². The van der Waals surface area contributed by atoms with Crippen molar-refractivity contribution in [1.29, 1.82) is 0 Å². The van der Waals surface area contributed by atoms with Crippen molar-refractivity contribution >= 4 is 58.2 Å². The summed E-state index contributed by atoms with van der Waals surface area (Å²) in [6.07, 6.45) is 1.72. The molecular weight excluding hydrogens is 375 g/mol. The molecule has 0 amide bonds. The Labute approximate surface area is 151 Å². The summed E-state index contributed by atoms with van der Waals surface area (Å²) in [5.41, 5.74) is 1.96. The number of thiol groups is 1. The third kappa shape index (κ3) is 3.55. The molecule has 0 aliphatic carbocycles. The Morgan fingerprint density at radius 1 is 1.17 bits per heavy atom. The standard InChI is InChI=1S/C13H10Cl2N6S2/c1-6-10(17-18-13-16-7(2)20-23-13)5-21(19-6)11-3-9(15)12(22)4-8(11)14/h3-5,22H,1-2H3. The van der Waals surface area contributed by atoms with Gasteiger partial charge in [0.05, 0.1) is 27.6 Å². The average molecular weight is 385 g/mol. The molecule has 0 unspecified atom stereocenters. The highest BCUT2D eigenvalue weighted by molar-refractivity contribution is 7.80. The van der Waals surface area contributed by atoms with Crippen molar-refractivity contribution in [3.8, 4) is 5.69 Å². The first-order valence-electron chi connectivity index (χ1n) is 6.41. The summed E-state index contributed by atoms with van der Waals surface area (Å²) in [4.78, 5) is 4.74. The first-order chi connectivity index (χ1) is 10.9. The summed E-state index contributed by atoms with van der Waals surface area (Å²) in [6.45, 7) is 3.63. The normalized spacial score (nSPS) is 11.5. The quantitative estimate of drug-likeness (QED) is 0.488. The number of halogens is 2. The molecule has 2 aromatic heterocycles. The molecule has 0 saturated heterocycles. The minimum atomic E-state index is 0.491. The van der Waals surface area contributed by atoms with Crippen LogP contribution < -0.4 is 0 Å². The van der Waals surface area contributed by atoms with E-state index in [1.165, 1.54) is 11.5 Å². The smallest absolute Gasteiger partial charge is 0.237 e. The molecule has 0 radical (unpaired) electrons. The molecular formula is C13H10Cl2N6S2. The van der Waals surface area contributed by atoms with Gasteiger partial charge >= 0.3 is 0 Å². The van der Waals surface area contributed by atoms with E-state index >= 15 is 0 Å². The molecule has 118 valence electrons. The third-order valence-electron chi connectivity index (χ3n) is 2.90. The SMILES string of the molecule is Cc1nsc(N=Nc2cn(-c3cc(Cl)c(S)cc3Cl)nc2C)n1. The molecule has 0 N–H and O–H groups in total. The van der Waals surface area contributed by atoms with Crippen LogP contribution in [0.1, 0.15) is 11.5 Å². The lowest BCUT2D eigenvalue weighted by Gasteiger charge is -2.06. The molecule has 0 bridgehead atoms. The van der Waals surface area contributed by atoms with Crippen LogP contribution in [0.3, 0.4) is 0 Å². The van der Waals surface area contributed by atoms with Crippen molar-refractivity contribution in [2.45, 2.75) is 18.7 Å². The molecule has 1 aromatic carbocycles. The van der Waals surface area contributed by atoms with Crippen LogP contribution in [0.15, 0.2) is 33.5 Å². The number of hydrogen-bond donors (Lipinski definition) is 1. The van der Waals surface area contributed by atoms with Crippen LogP contribution in [0.2, 0.25) is 10.0 Å². The molecule has 0 spiro atoms. The van der Waals surface area contributed by atoms with E-state index in [1.807, 2.05) is 6.92 Å². The fraction of sp³-hybridized carbons (Fsp3) is 0.154. The Bertz CT molecular complexity index is 902. The number of benzene rings is 1. The van der Waals surface area contributed by atoms with Gasteiger partial charge in [-0.1, -0.05) is 23.2 Å². The predicted octanol–water partition coefficient (Wildman–Crippen LogP) is 5.35. The number of nitrogens with zero attached hydrogens (tertiary/aromatic N) is 6. The van der Waals surface area contributed by atoms with E-state index in [-0.39, 0.29) is 0 Å². The monoisotopic (exact) mass is 384 g/mol. The highest BCUT2D eigenvalue weighted by Crippen LogP contribution is 2.31. The molecule has 0 fully saturated rings. The number of aryl methyl sites for hydroxylation is 2. The van der Waals surface area contributed by atoms with E-state index < -0.39 is 0 Å². The van der Waals surface area contributed by atoms with Gasteiger partial charge in [0.15, 0.2) is 0 Å². The highest BCUT2D eigenvalue weighted by Gasteiger charge is 2.11. The van der Waals surface area contributed by atoms with Gasteiger partial charge in [0, 0.05) is 16.4 Å². The molecule has 0 saturated carbocycles. The lowest BCUT2D eigenvalue weighted by atomic mass is 10.3. The zero-order valence-electron chi connectivity index (χ0n) is 12.0. The van der Waals surface area contributed by atoms with Crippen molar-refractivity contribution in [2.24, 2.45) is 10.2 Å². The van der Waals surface area contributed by atoms with Crippen molar-refractivity contribution in [3.63, 3.8) is 0 Å². The van der Waals surface area contributed by atoms with Crippen LogP contribution in [0.25, 0.3) is 5.69 Å². The van der Waals surface area contributed by atoms with Crippen LogP contribution in [0.4, 0.5) is 10.8 Å². The van der Waals surface area contributed by atoms with Crippen molar-refractivity contribution < 1.29 is 0 Å². The first kappa shape index (κ1) is 16.4. The molecule has 0 atom stereocenters. The Kier molecular flexibility index (Phi) is 4.67. The van der Waals surface area contributed by atoms with E-state index in [0.29, 0.717) is 43.0 Å². The maximum Gasteiger partial charge on any atom is 0.249 e. The third-order valence-corrected chi connectivity index (χ3v) is 4.71. The summed E-state index contributed by atoms with van der Waals surface area (Å²) in [5, 5.41) is 14.1. The Morgan fingerprint density at radius 2 is 1.96 bits per heavy atom. The maximum absolute atomic E-state index is 6.23. The minimum absolute atomic E-state index is 0.491. The molecule has 0 aliphatic rings. The Hall–Kier alpha value is -1.48. The van der Waals surface area contributed by atoms with Gasteiger partial charge in [-0.05, 0) is 26.0 Å². The number of hydrogen-bond acceptors (Lipinski definition) is 7. The summed E-state index contributed by atoms with van der Waals surface area (Å²) >= 11 is 17.8. The van der Waals surface area contributed by atoms with Gasteiger partial charge in [-0.25, -0.2) is 9.67 Å². The first-order valence-corrected chi connectivity index (χ1v) is 8.38. The zero-order valence-corrected chi connectivity index (χ0v) is 15.2. The second-order valence-corrected chi connectivity index (χ2v) is 6.65. The Balaban J connectivity index is 1.95. The van der Waals surface area contributed by atoms with Crippen LogP contribution in [0, 0.1) is 13.8 Å². The maximum atomic E-state index is 6.23. The number of rotatable bonds is 3. The van der Waals surface area contributed by atoms with Gasteiger partial charge in [0.2, 0.25) is 5.13 Å². The van der Waals surface area contributed by atoms with E-state index in [9.17, 15) is 0 Å². The summed E-state index contributed by atoms with van der Waals surface area (Å²) in [6, 6.07) is 3.37. The van der Waals surface area contributed by atoms with Crippen LogP contribution in [-0.2, 0) is 0 Å². The lowest BCUT2D eigenvalue weighted by molar-refractivity contribution is 0.861. The molecule has 2 heterocycles. The second-order valence-electron chi connectivity index (χ2n) is 4.62. The van der Waals surface area contributed by atoms with Gasteiger partial charge in [0.1, 0.15) is 11.5 Å². The van der Waals surface area contributed by atoms with Gasteiger partial charge in [-0.2, -0.15) is 9.47 Å². The van der Waals surface area contributed by atoms with Gasteiger partial charge in [-0.3, -0.25) is 0 Å². The predicted molar refractivity (Wildman–Crippen MR) is 94.4 cm³/mol. The average Bonchev–Trinajstić information content (AvgIpc) is 3.07. The molecule has 10 heteroatoms. The van der Waals surface area contributed by atoms with E-state index in [4.69, 9.17) is 23.2 Å². The molecule has 3 rings (SSSR count). The van der Waals surface area contributed by atoms with Crippen molar-refractivity contribution in [1.82, 2.24) is 19.1 Å². The molecule has 0 aliphatic heterocycles. The topological polar surface area (TPSA) is 68.3 Å². The zero-order chi connectivity index (χ0) is 16.6. The van der Waals surface area contributed by atoms with Crippen LogP contribution >= 0.6 is 47.4 Å². The van der Waals surface area contributed by atoms with Gasteiger partial charge in [0.25, 0.3) is 0 Å². The summed E-state index contributed by atoms with van der Waals surface area (Å²) in [5.74, 6) is 0.671. The molecule has 3 aromatic rings. The van der Waals surface area contributed by atoms with Crippen LogP contribution in [-0.4, -0.2) is 19.1 Å². The Morgan fingerprint density at radius 3 is 2.65 bits per heavy atom. The number of azo groups is 1. The summed E-state index contributed by atoms with van der Waals surface area (Å²) < 4.78 is 5.66. The summed E-state index contributed by atoms with van der Waals surface area (Å²) in [7, 11) is 0. The van der Waals surface area contributed by atoms with Crippen LogP contribution in [0.5, 0.6) is 0 Å². The second kappa shape index (κ2) is 6.56. The minimum Gasteiger partial charge on any atom is -0.237 e. The van der Waals surface area contributed by atoms with Crippen molar-refractivity contribution in [2.75, 3.05) is 0 Å². The lowest BCUT2D eigenvalue weighted by Crippen LogP contribution is -1.96. The van der Waals surface area contributed by atoms with E-state index in [0.717, 1.165) is 0 Å². The number of aromatic nitrogens is 4. The fourth-order valence-electron chi connectivity index (χ4n) is 1.80. The van der Waals surface area contributed by atoms with E-state index in [2.05, 4.69) is 37.3 Å². The molecule has 6 nitrogen and oxygen atoms in total. The van der Waals surface area contributed by atoms with E-state index in [1.54, 1.807) is 29.9 Å². The highest BCUT2D eigenvalue weighted by atomic mass is 35.5. The van der Waals surface area contributed by atoms with Gasteiger partial charge < -0.3 is 0 Å². The largest absolute Gasteiger partial charge is 0.249 e. The molecule has 23 heavy (non-hydrogen) atoms. The van der Waals surface area contributed by atoms with Gasteiger partial charge in [-0.15, -0.1) is 22.9 Å². The fourth-order valence-corrected chi connectivity index (χ4v) is 2.98.